The van der Waals surface area contributed by atoms with Gasteiger partial charge in [-0.1, -0.05) is 47.5 Å². The van der Waals surface area contributed by atoms with Crippen LogP contribution in [-0.2, 0) is 16.5 Å². The molecule has 0 aromatic heterocycles. The molecule has 0 amide bonds. The molecule has 7 heteroatoms. The molecular formula is C24H32N4NiO2. The molecule has 0 saturated heterocycles. The van der Waals surface area contributed by atoms with E-state index in [-0.39, 0.29) is 28.0 Å². The molecular weight excluding hydrogens is 435 g/mol. The van der Waals surface area contributed by atoms with Gasteiger partial charge in [0.2, 0.25) is 0 Å². The van der Waals surface area contributed by atoms with Crippen molar-refractivity contribution in [2.75, 3.05) is 39.3 Å². The number of nitrogens with zero attached hydrogens (tertiary/aromatic N) is 2. The summed E-state index contributed by atoms with van der Waals surface area (Å²) in [5.41, 5.74) is 3.45. The number of benzene rings is 2. The Morgan fingerprint density at radius 1 is 0.710 bits per heavy atom. The molecule has 2 aromatic rings. The largest absolute Gasteiger partial charge is 2.00 e. The maximum atomic E-state index is 11.7. The van der Waals surface area contributed by atoms with E-state index in [9.17, 15) is 10.2 Å². The van der Waals surface area contributed by atoms with Gasteiger partial charge in [-0.05, 0) is 50.9 Å². The van der Waals surface area contributed by atoms with Crippen LogP contribution in [0.3, 0.4) is 0 Å². The Kier molecular flexibility index (Phi) is 13.5. The van der Waals surface area contributed by atoms with Crippen LogP contribution in [0.25, 0.3) is 0 Å². The van der Waals surface area contributed by atoms with Crippen LogP contribution < -0.4 is 20.8 Å². The van der Waals surface area contributed by atoms with Crippen molar-refractivity contribution in [2.24, 2.45) is 9.98 Å². The van der Waals surface area contributed by atoms with Crippen LogP contribution in [0.4, 0.5) is 0 Å². The summed E-state index contributed by atoms with van der Waals surface area (Å²) in [6, 6.07) is 10.5. The van der Waals surface area contributed by atoms with Gasteiger partial charge in [-0.2, -0.15) is 0 Å². The van der Waals surface area contributed by atoms with E-state index < -0.39 is 0 Å². The Hall–Kier alpha value is -2.21. The van der Waals surface area contributed by atoms with E-state index in [0.29, 0.717) is 24.2 Å². The average molecular weight is 467 g/mol. The molecule has 0 atom stereocenters. The van der Waals surface area contributed by atoms with E-state index in [0.717, 1.165) is 50.1 Å². The van der Waals surface area contributed by atoms with Crippen LogP contribution in [-0.4, -0.2) is 51.7 Å². The van der Waals surface area contributed by atoms with E-state index in [1.807, 2.05) is 38.1 Å². The van der Waals surface area contributed by atoms with Crippen molar-refractivity contribution in [3.8, 4) is 11.5 Å². The van der Waals surface area contributed by atoms with E-state index in [2.05, 4.69) is 20.6 Å². The van der Waals surface area contributed by atoms with Crippen LogP contribution in [0.2, 0.25) is 0 Å². The Bertz CT molecular complexity index is 771. The van der Waals surface area contributed by atoms with Gasteiger partial charge in [0.25, 0.3) is 0 Å². The Balaban J connectivity index is 0.00000480. The van der Waals surface area contributed by atoms with Crippen molar-refractivity contribution in [3.05, 3.63) is 58.7 Å². The Morgan fingerprint density at radius 2 is 1.13 bits per heavy atom. The molecule has 2 aromatic carbocycles. The van der Waals surface area contributed by atoms with Crippen LogP contribution in [0.15, 0.2) is 46.4 Å². The quantitative estimate of drug-likeness (QED) is 0.268. The van der Waals surface area contributed by atoms with Crippen LogP contribution in [0.5, 0.6) is 11.5 Å². The summed E-state index contributed by atoms with van der Waals surface area (Å²) in [5.74, 6) is 0.0362. The second-order valence-electron chi connectivity index (χ2n) is 7.36. The topological polar surface area (TPSA) is 94.9 Å². The monoisotopic (exact) mass is 466 g/mol. The van der Waals surface area contributed by atoms with Crippen LogP contribution in [0, 0.1) is 13.8 Å². The zero-order chi connectivity index (χ0) is 21.6. The summed E-state index contributed by atoms with van der Waals surface area (Å²) in [6.07, 6.45) is 5.23. The van der Waals surface area contributed by atoms with Gasteiger partial charge in [0.1, 0.15) is 0 Å². The molecule has 0 bridgehead atoms. The van der Waals surface area contributed by atoms with Crippen molar-refractivity contribution in [1.29, 1.82) is 0 Å². The minimum absolute atomic E-state index is 0. The standard InChI is InChI=1S/C24H34N4O2.Ni/c1-19-5-7-23(29)21(15-19)17-27-11-3-9-25-13-14-26-10-4-12-28-18-22-16-20(2)6-8-24(22)30;/h5-8,15-18,25-26,29-30H,3-4,9-14H2,1-2H3;/q;+2/p-2. The first-order valence-corrected chi connectivity index (χ1v) is 10.5. The van der Waals surface area contributed by atoms with E-state index in [1.165, 1.54) is 0 Å². The van der Waals surface area contributed by atoms with Gasteiger partial charge in [0, 0.05) is 38.6 Å². The predicted molar refractivity (Wildman–Crippen MR) is 121 cm³/mol. The fraction of sp³-hybridized carbons (Fsp3) is 0.417. The summed E-state index contributed by atoms with van der Waals surface area (Å²) < 4.78 is 0. The Labute approximate surface area is 195 Å². The number of hydrogen-bond acceptors (Lipinski definition) is 6. The van der Waals surface area contributed by atoms with E-state index in [1.54, 1.807) is 24.6 Å². The number of hydrogen-bond donors (Lipinski definition) is 2. The molecule has 0 spiro atoms. The van der Waals surface area contributed by atoms with Crippen molar-refractivity contribution < 1.29 is 26.7 Å². The molecule has 2 N–H and O–H groups in total. The third-order valence-corrected chi connectivity index (χ3v) is 4.55. The first-order chi connectivity index (χ1) is 14.6. The minimum Gasteiger partial charge on any atom is -0.872 e. The second-order valence-corrected chi connectivity index (χ2v) is 7.36. The normalized spacial score (nSPS) is 11.3. The molecule has 0 aliphatic carbocycles. The number of aryl methyl sites for hydroxylation is 2. The van der Waals surface area contributed by atoms with Gasteiger partial charge < -0.3 is 20.8 Å². The van der Waals surface area contributed by atoms with Gasteiger partial charge in [0.05, 0.1) is 0 Å². The number of aliphatic imine (C=N–C) groups is 2. The van der Waals surface area contributed by atoms with Gasteiger partial charge >= 0.3 is 16.5 Å². The summed E-state index contributed by atoms with van der Waals surface area (Å²) in [4.78, 5) is 8.68. The van der Waals surface area contributed by atoms with Crippen LogP contribution >= 0.6 is 0 Å². The first-order valence-electron chi connectivity index (χ1n) is 10.5. The summed E-state index contributed by atoms with van der Waals surface area (Å²) in [6.45, 7) is 8.95. The molecule has 0 aliphatic heterocycles. The van der Waals surface area contributed by atoms with Gasteiger partial charge in [-0.15, -0.1) is 11.5 Å². The van der Waals surface area contributed by atoms with Crippen molar-refractivity contribution >= 4 is 12.4 Å². The molecule has 2 rings (SSSR count). The molecule has 0 aliphatic rings. The molecule has 31 heavy (non-hydrogen) atoms. The molecule has 0 fully saturated rings. The fourth-order valence-corrected chi connectivity index (χ4v) is 2.88. The van der Waals surface area contributed by atoms with Crippen molar-refractivity contribution in [3.63, 3.8) is 0 Å². The average Bonchev–Trinajstić information content (AvgIpc) is 2.73. The number of rotatable bonds is 13. The second kappa shape index (κ2) is 15.6. The zero-order valence-corrected chi connectivity index (χ0v) is 19.3. The van der Waals surface area contributed by atoms with Crippen molar-refractivity contribution in [2.45, 2.75) is 26.7 Å². The number of nitrogens with one attached hydrogen (secondary N) is 2. The first kappa shape index (κ1) is 26.8. The van der Waals surface area contributed by atoms with Gasteiger partial charge in [-0.25, -0.2) is 0 Å². The molecule has 0 unspecified atom stereocenters. The smallest absolute Gasteiger partial charge is 0.872 e. The SMILES string of the molecule is Cc1ccc([O-])c(C=NCCCNCCNCCCN=Cc2cc(C)ccc2[O-])c1.[Ni+2]. The molecule has 0 radical (unpaired) electrons. The minimum atomic E-state index is 0. The maximum absolute atomic E-state index is 11.7. The maximum Gasteiger partial charge on any atom is 2.00 e. The summed E-state index contributed by atoms with van der Waals surface area (Å²) in [7, 11) is 0. The van der Waals surface area contributed by atoms with E-state index in [4.69, 9.17) is 0 Å². The molecule has 170 valence electrons. The molecule has 6 nitrogen and oxygen atoms in total. The Morgan fingerprint density at radius 3 is 1.55 bits per heavy atom. The summed E-state index contributed by atoms with van der Waals surface area (Å²) in [5, 5.41) is 30.1. The van der Waals surface area contributed by atoms with Crippen molar-refractivity contribution in [1.82, 2.24) is 10.6 Å². The zero-order valence-electron chi connectivity index (χ0n) is 18.3. The third kappa shape index (κ3) is 11.1. The molecule has 0 heterocycles. The van der Waals surface area contributed by atoms with Gasteiger partial charge in [0.15, 0.2) is 0 Å². The van der Waals surface area contributed by atoms with E-state index >= 15 is 0 Å². The summed E-state index contributed by atoms with van der Waals surface area (Å²) >= 11 is 0. The van der Waals surface area contributed by atoms with Gasteiger partial charge in [-0.3, -0.25) is 9.98 Å². The van der Waals surface area contributed by atoms with Crippen LogP contribution in [0.1, 0.15) is 35.1 Å². The predicted octanol–water partition coefficient (Wildman–Crippen LogP) is 1.95. The fourth-order valence-electron chi connectivity index (χ4n) is 2.88. The third-order valence-electron chi connectivity index (χ3n) is 4.55. The molecule has 0 saturated carbocycles.